The predicted octanol–water partition coefficient (Wildman–Crippen LogP) is 3.51. The molecular formula is C19H22N4O2S2. The Morgan fingerprint density at radius 1 is 1.19 bits per heavy atom. The van der Waals surface area contributed by atoms with Gasteiger partial charge in [-0.25, -0.2) is 0 Å². The van der Waals surface area contributed by atoms with Crippen molar-refractivity contribution in [2.75, 3.05) is 18.0 Å². The third kappa shape index (κ3) is 4.16. The van der Waals surface area contributed by atoms with E-state index in [1.54, 1.807) is 11.8 Å². The van der Waals surface area contributed by atoms with E-state index in [2.05, 4.69) is 10.2 Å². The molecule has 0 N–H and O–H groups in total. The number of carbonyl (C=O) groups is 2. The highest BCUT2D eigenvalue weighted by atomic mass is 32.2. The zero-order chi connectivity index (χ0) is 18.8. The number of amides is 2. The van der Waals surface area contributed by atoms with E-state index in [4.69, 9.17) is 0 Å². The molecule has 0 spiro atoms. The van der Waals surface area contributed by atoms with Gasteiger partial charge >= 0.3 is 0 Å². The minimum Gasteiger partial charge on any atom is -0.341 e. The maximum absolute atomic E-state index is 13.1. The van der Waals surface area contributed by atoms with Crippen molar-refractivity contribution in [2.45, 2.75) is 48.2 Å². The van der Waals surface area contributed by atoms with Gasteiger partial charge in [0, 0.05) is 26.1 Å². The molecule has 0 unspecified atom stereocenters. The van der Waals surface area contributed by atoms with E-state index in [0.717, 1.165) is 48.7 Å². The van der Waals surface area contributed by atoms with Crippen LogP contribution in [0, 0.1) is 0 Å². The van der Waals surface area contributed by atoms with Crippen LogP contribution in [0.25, 0.3) is 0 Å². The van der Waals surface area contributed by atoms with Crippen LogP contribution in [0.15, 0.2) is 34.7 Å². The fourth-order valence-corrected chi connectivity index (χ4v) is 5.55. The third-order valence-electron chi connectivity index (χ3n) is 4.82. The summed E-state index contributed by atoms with van der Waals surface area (Å²) in [6.45, 7) is 3.21. The molecule has 6 nitrogen and oxygen atoms in total. The van der Waals surface area contributed by atoms with Gasteiger partial charge in [0.2, 0.25) is 16.9 Å². The number of rotatable bonds is 6. The molecule has 1 aromatic carbocycles. The zero-order valence-corrected chi connectivity index (χ0v) is 16.8. The number of thioether (sulfide) groups is 1. The van der Waals surface area contributed by atoms with E-state index < -0.39 is 0 Å². The summed E-state index contributed by atoms with van der Waals surface area (Å²) in [4.78, 5) is 28.8. The lowest BCUT2D eigenvalue weighted by Gasteiger charge is -2.22. The number of benzene rings is 1. The largest absolute Gasteiger partial charge is 0.341 e. The van der Waals surface area contributed by atoms with Crippen LogP contribution in [-0.4, -0.2) is 46.0 Å². The highest BCUT2D eigenvalue weighted by molar-refractivity contribution is 8.01. The third-order valence-corrected chi connectivity index (χ3v) is 7.06. The van der Waals surface area contributed by atoms with Gasteiger partial charge in [0.1, 0.15) is 5.25 Å². The van der Waals surface area contributed by atoms with Crippen molar-refractivity contribution in [1.82, 2.24) is 15.1 Å². The van der Waals surface area contributed by atoms with Gasteiger partial charge in [-0.05, 0) is 31.2 Å². The fraction of sp³-hybridized carbons (Fsp3) is 0.474. The van der Waals surface area contributed by atoms with Gasteiger partial charge in [0.15, 0.2) is 4.34 Å². The Morgan fingerprint density at radius 3 is 2.52 bits per heavy atom. The smallest absolute Gasteiger partial charge is 0.240 e. The first-order valence-electron chi connectivity index (χ1n) is 9.27. The van der Waals surface area contributed by atoms with E-state index in [0.29, 0.717) is 5.13 Å². The lowest BCUT2D eigenvalue weighted by Crippen LogP contribution is -2.31. The Labute approximate surface area is 167 Å². The number of hydrogen-bond donors (Lipinski definition) is 0. The zero-order valence-electron chi connectivity index (χ0n) is 15.2. The standard InChI is InChI=1S/C19H22N4O2S2/c1-13(24)23(15-9-10-15)18-20-21-19(27-18)26-16(14-7-3-2-4-8-14)17(25)22-11-5-6-12-22/h2-4,7-8,15-16H,5-6,9-12H2,1H3/t16-/m1/s1. The minimum atomic E-state index is -0.336. The first-order valence-corrected chi connectivity index (χ1v) is 11.0. The monoisotopic (exact) mass is 402 g/mol. The first kappa shape index (κ1) is 18.4. The molecule has 8 heteroatoms. The van der Waals surface area contributed by atoms with Gasteiger partial charge in [-0.15, -0.1) is 10.2 Å². The van der Waals surface area contributed by atoms with E-state index in [1.807, 2.05) is 35.2 Å². The fourth-order valence-electron chi connectivity index (χ4n) is 3.32. The summed E-state index contributed by atoms with van der Waals surface area (Å²) in [5.41, 5.74) is 0.974. The summed E-state index contributed by atoms with van der Waals surface area (Å²) < 4.78 is 0.721. The Balaban J connectivity index is 1.56. The summed E-state index contributed by atoms with van der Waals surface area (Å²) in [7, 11) is 0. The van der Waals surface area contributed by atoms with Crippen molar-refractivity contribution in [3.63, 3.8) is 0 Å². The average Bonchev–Trinajstić information content (AvgIpc) is 3.16. The molecule has 2 heterocycles. The highest BCUT2D eigenvalue weighted by Crippen LogP contribution is 2.41. The minimum absolute atomic E-state index is 0.00190. The van der Waals surface area contributed by atoms with Crippen molar-refractivity contribution in [3.05, 3.63) is 35.9 Å². The summed E-state index contributed by atoms with van der Waals surface area (Å²) in [5, 5.41) is 8.80. The van der Waals surface area contributed by atoms with E-state index in [-0.39, 0.29) is 23.1 Å². The summed E-state index contributed by atoms with van der Waals surface area (Å²) in [5.74, 6) is 0.129. The van der Waals surface area contributed by atoms with E-state index in [1.165, 1.54) is 23.1 Å². The molecule has 4 rings (SSSR count). The molecule has 2 aromatic rings. The van der Waals surface area contributed by atoms with Gasteiger partial charge in [-0.2, -0.15) is 0 Å². The molecule has 1 aliphatic carbocycles. The number of nitrogens with zero attached hydrogens (tertiary/aromatic N) is 4. The Hall–Kier alpha value is -1.93. The lowest BCUT2D eigenvalue weighted by atomic mass is 10.1. The summed E-state index contributed by atoms with van der Waals surface area (Å²) >= 11 is 2.83. The molecule has 0 bridgehead atoms. The topological polar surface area (TPSA) is 66.4 Å². The second-order valence-electron chi connectivity index (χ2n) is 6.91. The maximum atomic E-state index is 13.1. The molecule has 0 radical (unpaired) electrons. The SMILES string of the molecule is CC(=O)N(c1nnc(S[C@@H](C(=O)N2CCCC2)c2ccccc2)s1)C1CC1. The van der Waals surface area contributed by atoms with Crippen LogP contribution in [0.2, 0.25) is 0 Å². The van der Waals surface area contributed by atoms with Gasteiger partial charge in [0.25, 0.3) is 0 Å². The molecule has 2 aliphatic rings. The number of carbonyl (C=O) groups excluding carboxylic acids is 2. The maximum Gasteiger partial charge on any atom is 0.240 e. The lowest BCUT2D eigenvalue weighted by molar-refractivity contribution is -0.129. The first-order chi connectivity index (χ1) is 13.1. The summed E-state index contributed by atoms with van der Waals surface area (Å²) in [6.07, 6.45) is 4.16. The second-order valence-corrected chi connectivity index (χ2v) is 9.22. The molecule has 1 atom stereocenters. The quantitative estimate of drug-likeness (QED) is 0.546. The van der Waals surface area contributed by atoms with Crippen molar-refractivity contribution in [1.29, 1.82) is 0 Å². The van der Waals surface area contributed by atoms with Gasteiger partial charge < -0.3 is 4.90 Å². The summed E-state index contributed by atoms with van der Waals surface area (Å²) in [6, 6.07) is 10.1. The predicted molar refractivity (Wildman–Crippen MR) is 107 cm³/mol. The Kier molecular flexibility index (Phi) is 5.45. The Morgan fingerprint density at radius 2 is 1.89 bits per heavy atom. The van der Waals surface area contributed by atoms with Crippen LogP contribution in [0.4, 0.5) is 5.13 Å². The number of anilines is 1. The van der Waals surface area contributed by atoms with Crippen LogP contribution in [0.5, 0.6) is 0 Å². The molecule has 27 heavy (non-hydrogen) atoms. The van der Waals surface area contributed by atoms with Gasteiger partial charge in [0.05, 0.1) is 0 Å². The molecule has 1 aliphatic heterocycles. The average molecular weight is 403 g/mol. The van der Waals surface area contributed by atoms with Crippen LogP contribution in [-0.2, 0) is 9.59 Å². The van der Waals surface area contributed by atoms with Crippen molar-refractivity contribution in [2.24, 2.45) is 0 Å². The van der Waals surface area contributed by atoms with E-state index in [9.17, 15) is 9.59 Å². The normalized spacial score (nSPS) is 17.7. The Bertz CT molecular complexity index is 816. The van der Waals surface area contributed by atoms with E-state index >= 15 is 0 Å². The van der Waals surface area contributed by atoms with Crippen LogP contribution in [0.1, 0.15) is 43.4 Å². The van der Waals surface area contributed by atoms with Gasteiger partial charge in [-0.3, -0.25) is 14.5 Å². The molecule has 1 aromatic heterocycles. The molecule has 2 amide bonds. The number of likely N-dealkylation sites (tertiary alicyclic amines) is 1. The number of aromatic nitrogens is 2. The van der Waals surface area contributed by atoms with Crippen molar-refractivity contribution in [3.8, 4) is 0 Å². The molecule has 1 saturated carbocycles. The van der Waals surface area contributed by atoms with Crippen LogP contribution in [0.3, 0.4) is 0 Å². The van der Waals surface area contributed by atoms with Crippen LogP contribution >= 0.6 is 23.1 Å². The second kappa shape index (κ2) is 7.98. The van der Waals surface area contributed by atoms with Crippen molar-refractivity contribution < 1.29 is 9.59 Å². The van der Waals surface area contributed by atoms with Crippen molar-refractivity contribution >= 4 is 40.0 Å². The molecule has 142 valence electrons. The molecular weight excluding hydrogens is 380 g/mol. The number of hydrogen-bond acceptors (Lipinski definition) is 6. The molecule has 2 fully saturated rings. The molecule has 1 saturated heterocycles. The highest BCUT2D eigenvalue weighted by Gasteiger charge is 2.35. The van der Waals surface area contributed by atoms with Crippen LogP contribution < -0.4 is 4.90 Å². The van der Waals surface area contributed by atoms with Gasteiger partial charge in [-0.1, -0.05) is 53.4 Å².